The summed E-state index contributed by atoms with van der Waals surface area (Å²) in [6, 6.07) is 7.57. The highest BCUT2D eigenvalue weighted by atomic mass is 32.1. The van der Waals surface area contributed by atoms with Crippen LogP contribution in [-0.4, -0.2) is 50.9 Å². The molecule has 1 saturated heterocycles. The van der Waals surface area contributed by atoms with E-state index in [0.29, 0.717) is 30.8 Å². The molecule has 150 valence electrons. The molecule has 0 saturated carbocycles. The summed E-state index contributed by atoms with van der Waals surface area (Å²) in [4.78, 5) is 41.7. The normalized spacial score (nSPS) is 17.7. The number of aliphatic imine (C=N–C) groups is 1. The zero-order chi connectivity index (χ0) is 20.5. The number of carboxylic acids is 1. The van der Waals surface area contributed by atoms with E-state index in [4.69, 9.17) is 5.11 Å². The summed E-state index contributed by atoms with van der Waals surface area (Å²) >= 11 is 0.866. The zero-order valence-electron chi connectivity index (χ0n) is 15.4. The lowest BCUT2D eigenvalue weighted by Gasteiger charge is -2.30. The molecule has 0 unspecified atom stereocenters. The molecule has 2 N–H and O–H groups in total. The minimum Gasteiger partial charge on any atom is -0.493 e. The maximum Gasteiger partial charge on any atom is 0.311 e. The monoisotopic (exact) mass is 413 g/mol. The van der Waals surface area contributed by atoms with Crippen molar-refractivity contribution < 1.29 is 19.8 Å². The Morgan fingerprint density at radius 3 is 2.69 bits per heavy atom. The van der Waals surface area contributed by atoms with Gasteiger partial charge in [0.15, 0.2) is 0 Å². The number of carboxylic acid groups (broad SMARTS) is 1. The number of hydrogen-bond donors (Lipinski definition) is 2. The van der Waals surface area contributed by atoms with Crippen LogP contribution in [0.15, 0.2) is 34.1 Å². The number of carbonyl (C=O) groups excluding carboxylic acids is 1. The average Bonchev–Trinajstić information content (AvgIpc) is 3.24. The Morgan fingerprint density at radius 1 is 1.24 bits per heavy atom. The first-order valence-corrected chi connectivity index (χ1v) is 10.0. The van der Waals surface area contributed by atoms with Crippen molar-refractivity contribution in [2.24, 2.45) is 10.9 Å². The molecule has 9 heteroatoms. The summed E-state index contributed by atoms with van der Waals surface area (Å²) in [7, 11) is 0. The summed E-state index contributed by atoms with van der Waals surface area (Å²) in [6.45, 7) is 0.395. The van der Waals surface area contributed by atoms with Crippen molar-refractivity contribution in [2.45, 2.75) is 19.4 Å². The first-order chi connectivity index (χ1) is 13.9. The summed E-state index contributed by atoms with van der Waals surface area (Å²) in [5, 5.41) is 19.6. The molecule has 0 bridgehead atoms. The van der Waals surface area contributed by atoms with Crippen LogP contribution in [-0.2, 0) is 16.1 Å². The predicted octanol–water partition coefficient (Wildman–Crippen LogP) is 2.20. The van der Waals surface area contributed by atoms with Gasteiger partial charge in [-0.3, -0.25) is 23.9 Å². The van der Waals surface area contributed by atoms with Gasteiger partial charge in [-0.15, -0.1) is 0 Å². The number of benzene rings is 1. The number of fused-ring (bicyclic) bond motifs is 1. The van der Waals surface area contributed by atoms with E-state index >= 15 is 0 Å². The second-order valence-electron chi connectivity index (χ2n) is 7.01. The highest BCUT2D eigenvalue weighted by molar-refractivity contribution is 7.10. The van der Waals surface area contributed by atoms with E-state index < -0.39 is 16.8 Å². The van der Waals surface area contributed by atoms with Crippen LogP contribution in [0, 0.1) is 5.92 Å². The molecule has 4 rings (SSSR count). The quantitative estimate of drug-likeness (QED) is 0.798. The van der Waals surface area contributed by atoms with Crippen molar-refractivity contribution in [3.8, 4) is 5.88 Å². The van der Waals surface area contributed by atoms with Gasteiger partial charge < -0.3 is 15.1 Å². The van der Waals surface area contributed by atoms with Crippen LogP contribution in [0.5, 0.6) is 5.88 Å². The summed E-state index contributed by atoms with van der Waals surface area (Å²) in [5.41, 5.74) is 2.52. The Hall–Kier alpha value is -3.20. The molecule has 1 aromatic heterocycles. The SMILES string of the molecule is O=C(O)C1CCN(C(=O)Cn2c(O)c(C=C3C=Nc4ccccc43)sc2=O)CC1. The van der Waals surface area contributed by atoms with E-state index in [-0.39, 0.29) is 18.3 Å². The van der Waals surface area contributed by atoms with Crippen molar-refractivity contribution in [3.63, 3.8) is 0 Å². The Bertz CT molecular complexity index is 1090. The molecule has 2 aliphatic heterocycles. The molecule has 3 heterocycles. The van der Waals surface area contributed by atoms with E-state index in [1.54, 1.807) is 17.2 Å². The number of likely N-dealkylation sites (tertiary alicyclic amines) is 1. The molecule has 2 aromatic rings. The third-order valence-electron chi connectivity index (χ3n) is 5.23. The number of amides is 1. The van der Waals surface area contributed by atoms with Gasteiger partial charge in [0.1, 0.15) is 6.54 Å². The Balaban J connectivity index is 1.51. The molecular formula is C20H19N3O5S. The molecular weight excluding hydrogens is 394 g/mol. The molecule has 0 aliphatic carbocycles. The number of piperidine rings is 1. The van der Waals surface area contributed by atoms with Crippen LogP contribution in [0.3, 0.4) is 0 Å². The van der Waals surface area contributed by atoms with Gasteiger partial charge in [0.2, 0.25) is 11.8 Å². The maximum absolute atomic E-state index is 12.5. The standard InChI is InChI=1S/C20H19N3O5S/c24-17(22-7-5-12(6-8-22)19(26)27)11-23-18(25)16(29-20(23)28)9-13-10-21-15-4-2-1-3-14(13)15/h1-4,9-10,12,25H,5-8,11H2,(H,26,27). The maximum atomic E-state index is 12.5. The zero-order valence-corrected chi connectivity index (χ0v) is 16.3. The Labute approximate surface area is 170 Å². The van der Waals surface area contributed by atoms with E-state index in [0.717, 1.165) is 32.7 Å². The summed E-state index contributed by atoms with van der Waals surface area (Å²) in [6.07, 6.45) is 4.15. The minimum absolute atomic E-state index is 0.251. The van der Waals surface area contributed by atoms with E-state index in [9.17, 15) is 19.5 Å². The highest BCUT2D eigenvalue weighted by Crippen LogP contribution is 2.34. The first-order valence-electron chi connectivity index (χ1n) is 9.22. The molecule has 1 fully saturated rings. The van der Waals surface area contributed by atoms with Crippen molar-refractivity contribution in [1.29, 1.82) is 0 Å². The number of para-hydroxylation sites is 1. The smallest absolute Gasteiger partial charge is 0.311 e. The van der Waals surface area contributed by atoms with Crippen LogP contribution < -0.4 is 4.87 Å². The molecule has 8 nitrogen and oxygen atoms in total. The average molecular weight is 413 g/mol. The fraction of sp³-hybridized carbons (Fsp3) is 0.300. The second kappa shape index (κ2) is 7.67. The topological polar surface area (TPSA) is 112 Å². The van der Waals surface area contributed by atoms with Crippen molar-refractivity contribution in [2.75, 3.05) is 13.1 Å². The molecule has 0 spiro atoms. The van der Waals surface area contributed by atoms with Crippen molar-refractivity contribution in [1.82, 2.24) is 9.47 Å². The predicted molar refractivity (Wildman–Crippen MR) is 110 cm³/mol. The van der Waals surface area contributed by atoms with Crippen LogP contribution in [0.2, 0.25) is 0 Å². The molecule has 0 radical (unpaired) electrons. The van der Waals surface area contributed by atoms with E-state index in [2.05, 4.69) is 4.99 Å². The highest BCUT2D eigenvalue weighted by Gasteiger charge is 2.28. The number of nitrogens with zero attached hydrogens (tertiary/aromatic N) is 3. The number of allylic oxidation sites excluding steroid dienone is 1. The molecule has 0 atom stereocenters. The molecule has 1 aromatic carbocycles. The van der Waals surface area contributed by atoms with Gasteiger partial charge in [-0.25, -0.2) is 0 Å². The van der Waals surface area contributed by atoms with Gasteiger partial charge in [0, 0.05) is 30.4 Å². The van der Waals surface area contributed by atoms with Gasteiger partial charge in [-0.1, -0.05) is 29.5 Å². The third-order valence-corrected chi connectivity index (χ3v) is 6.14. The Morgan fingerprint density at radius 2 is 1.97 bits per heavy atom. The molecule has 2 aliphatic rings. The lowest BCUT2D eigenvalue weighted by molar-refractivity contribution is -0.145. The van der Waals surface area contributed by atoms with Gasteiger partial charge in [-0.05, 0) is 25.0 Å². The van der Waals surface area contributed by atoms with Crippen molar-refractivity contribution in [3.05, 3.63) is 44.4 Å². The van der Waals surface area contributed by atoms with E-state index in [1.807, 2.05) is 24.3 Å². The molecule has 1 amide bonds. The number of aromatic nitrogens is 1. The first kappa shape index (κ1) is 19.1. The van der Waals surface area contributed by atoms with Crippen LogP contribution >= 0.6 is 11.3 Å². The summed E-state index contributed by atoms with van der Waals surface area (Å²) < 4.78 is 1.06. The lowest BCUT2D eigenvalue weighted by atomic mass is 9.97. The fourth-order valence-corrected chi connectivity index (χ4v) is 4.39. The minimum atomic E-state index is -0.849. The van der Waals surface area contributed by atoms with Crippen LogP contribution in [0.25, 0.3) is 11.6 Å². The summed E-state index contributed by atoms with van der Waals surface area (Å²) in [5.74, 6) is -1.85. The van der Waals surface area contributed by atoms with Gasteiger partial charge in [0.05, 0.1) is 16.5 Å². The van der Waals surface area contributed by atoms with Gasteiger partial charge in [-0.2, -0.15) is 0 Å². The lowest BCUT2D eigenvalue weighted by Crippen LogP contribution is -2.42. The Kier molecular flexibility index (Phi) is 5.06. The third kappa shape index (κ3) is 3.73. The number of thiazole rings is 1. The number of aromatic hydroxyl groups is 1. The van der Waals surface area contributed by atoms with Crippen LogP contribution in [0.1, 0.15) is 23.3 Å². The number of hydrogen-bond acceptors (Lipinski definition) is 6. The number of carbonyl (C=O) groups is 2. The van der Waals surface area contributed by atoms with Gasteiger partial charge in [0.25, 0.3) is 0 Å². The number of aliphatic carboxylic acids is 1. The number of rotatable bonds is 4. The van der Waals surface area contributed by atoms with Crippen molar-refractivity contribution >= 4 is 46.8 Å². The fourth-order valence-electron chi connectivity index (χ4n) is 3.55. The van der Waals surface area contributed by atoms with Gasteiger partial charge >= 0.3 is 10.8 Å². The van der Waals surface area contributed by atoms with Crippen LogP contribution in [0.4, 0.5) is 5.69 Å². The molecule has 29 heavy (non-hydrogen) atoms. The van der Waals surface area contributed by atoms with E-state index in [1.165, 1.54) is 0 Å². The second-order valence-corrected chi connectivity index (χ2v) is 8.00. The largest absolute Gasteiger partial charge is 0.493 e.